The summed E-state index contributed by atoms with van der Waals surface area (Å²) < 4.78 is 12.9. The molecule has 0 atom stereocenters. The molecule has 0 radical (unpaired) electrons. The Hall–Kier alpha value is -1.35. The Morgan fingerprint density at radius 2 is 2.25 bits per heavy atom. The van der Waals surface area contributed by atoms with E-state index < -0.39 is 0 Å². The number of carbonyl (C=O) groups excluding carboxylic acids is 1. The summed E-state index contributed by atoms with van der Waals surface area (Å²) in [6.07, 6.45) is 4.34. The fraction of sp³-hybridized carbons (Fsp3) is 0.250. The van der Waals surface area contributed by atoms with Crippen LogP contribution in [0.25, 0.3) is 6.08 Å². The van der Waals surface area contributed by atoms with Gasteiger partial charge in [-0.3, -0.25) is 4.79 Å². The predicted octanol–water partition coefficient (Wildman–Crippen LogP) is 3.02. The zero-order valence-corrected chi connectivity index (χ0v) is 9.72. The van der Waals surface area contributed by atoms with Crippen LogP contribution in [-0.2, 0) is 4.79 Å². The monoisotopic (exact) mass is 241 g/mol. The van der Waals surface area contributed by atoms with E-state index in [0.29, 0.717) is 23.6 Å². The number of rotatable bonds is 4. The summed E-state index contributed by atoms with van der Waals surface area (Å²) in [4.78, 5) is 10.6. The molecule has 1 rings (SSSR count). The van der Waals surface area contributed by atoms with Crippen molar-refractivity contribution < 1.29 is 9.18 Å². The SMILES string of the molecule is CC(=O)NCCC=Cc1cc(F)cc(Cl)c1. The number of hydrogen-bond acceptors (Lipinski definition) is 1. The molecule has 0 spiro atoms. The highest BCUT2D eigenvalue weighted by Crippen LogP contribution is 2.15. The number of carbonyl (C=O) groups is 1. The minimum absolute atomic E-state index is 0.0535. The standard InChI is InChI=1S/C12H13ClFNO/c1-9(16)15-5-3-2-4-10-6-11(13)8-12(14)7-10/h2,4,6-8H,3,5H2,1H3,(H,15,16). The van der Waals surface area contributed by atoms with Crippen LogP contribution in [0.15, 0.2) is 24.3 Å². The third-order valence-electron chi connectivity index (χ3n) is 1.88. The maximum Gasteiger partial charge on any atom is 0.216 e. The summed E-state index contributed by atoms with van der Waals surface area (Å²) in [6, 6.07) is 4.34. The van der Waals surface area contributed by atoms with Crippen LogP contribution in [0.5, 0.6) is 0 Å². The van der Waals surface area contributed by atoms with Gasteiger partial charge in [0.25, 0.3) is 0 Å². The minimum Gasteiger partial charge on any atom is -0.356 e. The lowest BCUT2D eigenvalue weighted by molar-refractivity contribution is -0.118. The molecule has 0 aliphatic rings. The first-order valence-electron chi connectivity index (χ1n) is 4.95. The molecule has 86 valence electrons. The lowest BCUT2D eigenvalue weighted by Crippen LogP contribution is -2.20. The van der Waals surface area contributed by atoms with Gasteiger partial charge in [-0.05, 0) is 30.2 Å². The van der Waals surface area contributed by atoms with Crippen LogP contribution in [0.1, 0.15) is 18.9 Å². The van der Waals surface area contributed by atoms with Crippen LogP contribution in [0.2, 0.25) is 5.02 Å². The number of nitrogens with one attached hydrogen (secondary N) is 1. The van der Waals surface area contributed by atoms with Crippen LogP contribution in [0.4, 0.5) is 4.39 Å². The van der Waals surface area contributed by atoms with Gasteiger partial charge in [0.1, 0.15) is 5.82 Å². The van der Waals surface area contributed by atoms with E-state index in [1.165, 1.54) is 19.1 Å². The van der Waals surface area contributed by atoms with Crippen molar-refractivity contribution >= 4 is 23.6 Å². The third-order valence-corrected chi connectivity index (χ3v) is 2.10. The van der Waals surface area contributed by atoms with Gasteiger partial charge in [-0.15, -0.1) is 0 Å². The first-order valence-corrected chi connectivity index (χ1v) is 5.33. The van der Waals surface area contributed by atoms with Crippen molar-refractivity contribution in [3.63, 3.8) is 0 Å². The second kappa shape index (κ2) is 6.28. The highest BCUT2D eigenvalue weighted by Gasteiger charge is 1.95. The van der Waals surface area contributed by atoms with Gasteiger partial charge < -0.3 is 5.32 Å². The molecule has 0 saturated heterocycles. The molecule has 0 fully saturated rings. The van der Waals surface area contributed by atoms with Crippen LogP contribution >= 0.6 is 11.6 Å². The largest absolute Gasteiger partial charge is 0.356 e. The van der Waals surface area contributed by atoms with E-state index in [-0.39, 0.29) is 11.7 Å². The molecule has 1 aromatic carbocycles. The Morgan fingerprint density at radius 3 is 2.88 bits per heavy atom. The van der Waals surface area contributed by atoms with E-state index in [0.717, 1.165) is 0 Å². The van der Waals surface area contributed by atoms with Gasteiger partial charge in [-0.25, -0.2) is 4.39 Å². The van der Waals surface area contributed by atoms with Gasteiger partial charge in [0.15, 0.2) is 0 Å². The van der Waals surface area contributed by atoms with Crippen LogP contribution < -0.4 is 5.32 Å². The zero-order valence-electron chi connectivity index (χ0n) is 8.97. The number of hydrogen-bond donors (Lipinski definition) is 1. The number of benzene rings is 1. The van der Waals surface area contributed by atoms with Crippen molar-refractivity contribution in [2.45, 2.75) is 13.3 Å². The summed E-state index contributed by atoms with van der Waals surface area (Å²) in [6.45, 7) is 2.05. The number of amides is 1. The van der Waals surface area contributed by atoms with Gasteiger partial charge in [-0.2, -0.15) is 0 Å². The maximum atomic E-state index is 12.9. The Kier molecular flexibility index (Phi) is 4.99. The average molecular weight is 242 g/mol. The highest BCUT2D eigenvalue weighted by molar-refractivity contribution is 6.30. The van der Waals surface area contributed by atoms with E-state index >= 15 is 0 Å². The Labute approximate surface area is 99.1 Å². The molecule has 0 bridgehead atoms. The lowest BCUT2D eigenvalue weighted by atomic mass is 10.2. The topological polar surface area (TPSA) is 29.1 Å². The summed E-state index contributed by atoms with van der Waals surface area (Å²) in [7, 11) is 0. The van der Waals surface area contributed by atoms with E-state index in [2.05, 4.69) is 5.32 Å². The molecule has 0 aromatic heterocycles. The summed E-state index contributed by atoms with van der Waals surface area (Å²) in [5, 5.41) is 3.04. The molecule has 2 nitrogen and oxygen atoms in total. The normalized spacial score (nSPS) is 10.7. The summed E-state index contributed by atoms with van der Waals surface area (Å²) >= 11 is 5.70. The molecule has 0 aliphatic carbocycles. The first kappa shape index (κ1) is 12.7. The second-order valence-electron chi connectivity index (χ2n) is 3.38. The van der Waals surface area contributed by atoms with Crippen molar-refractivity contribution in [1.82, 2.24) is 5.32 Å². The zero-order chi connectivity index (χ0) is 12.0. The maximum absolute atomic E-state index is 12.9. The molecule has 16 heavy (non-hydrogen) atoms. The molecule has 1 aromatic rings. The van der Waals surface area contributed by atoms with Crippen molar-refractivity contribution in [3.8, 4) is 0 Å². The van der Waals surface area contributed by atoms with Crippen LogP contribution in [0.3, 0.4) is 0 Å². The summed E-state index contributed by atoms with van der Waals surface area (Å²) in [5.74, 6) is -0.406. The molecule has 1 N–H and O–H groups in total. The predicted molar refractivity (Wildman–Crippen MR) is 63.7 cm³/mol. The Morgan fingerprint density at radius 1 is 1.50 bits per heavy atom. The molecule has 0 unspecified atom stereocenters. The third kappa shape index (κ3) is 4.94. The van der Waals surface area contributed by atoms with Gasteiger partial charge in [-0.1, -0.05) is 23.8 Å². The molecule has 0 aliphatic heterocycles. The van der Waals surface area contributed by atoms with Gasteiger partial charge in [0.05, 0.1) is 0 Å². The van der Waals surface area contributed by atoms with Crippen molar-refractivity contribution in [1.29, 1.82) is 0 Å². The molecule has 4 heteroatoms. The second-order valence-corrected chi connectivity index (χ2v) is 3.81. The van der Waals surface area contributed by atoms with Gasteiger partial charge in [0, 0.05) is 18.5 Å². The first-order chi connectivity index (χ1) is 7.58. The van der Waals surface area contributed by atoms with Crippen LogP contribution in [0, 0.1) is 5.82 Å². The fourth-order valence-corrected chi connectivity index (χ4v) is 1.45. The Bertz CT molecular complexity index is 384. The van der Waals surface area contributed by atoms with E-state index in [1.54, 1.807) is 12.1 Å². The van der Waals surface area contributed by atoms with Crippen molar-refractivity contribution in [3.05, 3.63) is 40.7 Å². The van der Waals surface area contributed by atoms with E-state index in [1.807, 2.05) is 6.08 Å². The molecule has 0 heterocycles. The molecular formula is C12H13ClFNO. The molecule has 0 saturated carbocycles. The lowest BCUT2D eigenvalue weighted by Gasteiger charge is -1.98. The van der Waals surface area contributed by atoms with E-state index in [4.69, 9.17) is 11.6 Å². The number of halogens is 2. The summed E-state index contributed by atoms with van der Waals surface area (Å²) in [5.41, 5.74) is 0.716. The average Bonchev–Trinajstić information content (AvgIpc) is 2.15. The van der Waals surface area contributed by atoms with Crippen LogP contribution in [-0.4, -0.2) is 12.5 Å². The highest BCUT2D eigenvalue weighted by atomic mass is 35.5. The Balaban J connectivity index is 2.46. The van der Waals surface area contributed by atoms with Gasteiger partial charge in [0.2, 0.25) is 5.91 Å². The van der Waals surface area contributed by atoms with Crippen molar-refractivity contribution in [2.24, 2.45) is 0 Å². The quantitative estimate of drug-likeness (QED) is 0.807. The van der Waals surface area contributed by atoms with Crippen molar-refractivity contribution in [2.75, 3.05) is 6.54 Å². The molecular weight excluding hydrogens is 229 g/mol. The van der Waals surface area contributed by atoms with E-state index in [9.17, 15) is 9.18 Å². The minimum atomic E-state index is -0.353. The molecule has 1 amide bonds. The fourth-order valence-electron chi connectivity index (χ4n) is 1.22. The van der Waals surface area contributed by atoms with Gasteiger partial charge >= 0.3 is 0 Å². The smallest absolute Gasteiger partial charge is 0.216 e.